The van der Waals surface area contributed by atoms with Crippen molar-refractivity contribution in [1.29, 1.82) is 5.26 Å². The van der Waals surface area contributed by atoms with Crippen LogP contribution in [0.2, 0.25) is 5.02 Å². The molecular formula is C17H20ClN3O. The van der Waals surface area contributed by atoms with Gasteiger partial charge in [-0.1, -0.05) is 36.9 Å². The van der Waals surface area contributed by atoms with Crippen molar-refractivity contribution < 1.29 is 4.79 Å². The van der Waals surface area contributed by atoms with Gasteiger partial charge in [0, 0.05) is 23.0 Å². The molecule has 5 heteroatoms. The monoisotopic (exact) mass is 317 g/mol. The molecule has 0 spiro atoms. The van der Waals surface area contributed by atoms with Crippen molar-refractivity contribution in [3.8, 4) is 6.07 Å². The Bertz CT molecular complexity index is 613. The molecule has 4 nitrogen and oxygen atoms in total. The molecule has 1 aromatic rings. The predicted molar refractivity (Wildman–Crippen MR) is 88.5 cm³/mol. The average molecular weight is 318 g/mol. The summed E-state index contributed by atoms with van der Waals surface area (Å²) in [7, 11) is 0. The van der Waals surface area contributed by atoms with Gasteiger partial charge in [-0.2, -0.15) is 5.26 Å². The predicted octanol–water partition coefficient (Wildman–Crippen LogP) is 3.92. The summed E-state index contributed by atoms with van der Waals surface area (Å²) in [5, 5.41) is 15.7. The second-order valence-electron chi connectivity index (χ2n) is 5.59. The number of nitriles is 1. The van der Waals surface area contributed by atoms with Crippen LogP contribution in [0.1, 0.15) is 37.7 Å². The quantitative estimate of drug-likeness (QED) is 0.653. The largest absolute Gasteiger partial charge is 0.360 e. The number of nitrogens with one attached hydrogen (secondary N) is 2. The number of carbonyl (C=O) groups is 1. The van der Waals surface area contributed by atoms with Gasteiger partial charge < -0.3 is 10.6 Å². The number of carbonyl (C=O) groups excluding carboxylic acids is 1. The molecule has 1 aliphatic carbocycles. The molecule has 2 N–H and O–H groups in total. The Labute approximate surface area is 136 Å². The summed E-state index contributed by atoms with van der Waals surface area (Å²) in [4.78, 5) is 12.1. The number of halogens is 1. The molecule has 0 saturated heterocycles. The van der Waals surface area contributed by atoms with Gasteiger partial charge in [-0.3, -0.25) is 4.79 Å². The van der Waals surface area contributed by atoms with Gasteiger partial charge in [0.2, 0.25) is 0 Å². The number of anilines is 1. The van der Waals surface area contributed by atoms with Crippen LogP contribution in [0.5, 0.6) is 0 Å². The zero-order chi connectivity index (χ0) is 15.9. The normalized spacial score (nSPS) is 16.0. The van der Waals surface area contributed by atoms with Crippen molar-refractivity contribution in [2.24, 2.45) is 0 Å². The summed E-state index contributed by atoms with van der Waals surface area (Å²) in [5.74, 6) is -0.319. The first-order chi connectivity index (χ1) is 10.6. The first-order valence-electron chi connectivity index (χ1n) is 7.54. The van der Waals surface area contributed by atoms with Gasteiger partial charge >= 0.3 is 0 Å². The molecule has 1 amide bonds. The van der Waals surface area contributed by atoms with Crippen LogP contribution in [0.25, 0.3) is 0 Å². The molecule has 0 atom stereocenters. The lowest BCUT2D eigenvalue weighted by Crippen LogP contribution is -2.37. The third kappa shape index (κ3) is 4.51. The number of rotatable bonds is 4. The van der Waals surface area contributed by atoms with Gasteiger partial charge in [0.15, 0.2) is 0 Å². The van der Waals surface area contributed by atoms with E-state index in [0.29, 0.717) is 5.02 Å². The van der Waals surface area contributed by atoms with Crippen molar-refractivity contribution in [2.75, 3.05) is 5.32 Å². The molecule has 116 valence electrons. The smallest absolute Gasteiger partial charge is 0.263 e. The van der Waals surface area contributed by atoms with Crippen molar-refractivity contribution >= 4 is 23.2 Å². The summed E-state index contributed by atoms with van der Waals surface area (Å²) < 4.78 is 0. The molecular weight excluding hydrogens is 298 g/mol. The third-order valence-corrected chi connectivity index (χ3v) is 4.27. The van der Waals surface area contributed by atoms with Crippen LogP contribution < -0.4 is 10.6 Å². The van der Waals surface area contributed by atoms with E-state index in [4.69, 9.17) is 16.9 Å². The molecule has 2 rings (SSSR count). The molecule has 22 heavy (non-hydrogen) atoms. The first-order valence-corrected chi connectivity index (χ1v) is 7.92. The molecule has 0 aromatic heterocycles. The van der Waals surface area contributed by atoms with E-state index in [1.807, 2.05) is 25.1 Å². The van der Waals surface area contributed by atoms with Gasteiger partial charge in [0.25, 0.3) is 5.91 Å². The highest BCUT2D eigenvalue weighted by molar-refractivity contribution is 6.31. The van der Waals surface area contributed by atoms with Crippen LogP contribution in [-0.2, 0) is 4.79 Å². The zero-order valence-electron chi connectivity index (χ0n) is 12.7. The maximum atomic E-state index is 12.1. The minimum atomic E-state index is -0.319. The van der Waals surface area contributed by atoms with Crippen LogP contribution in [0.15, 0.2) is 30.0 Å². The number of hydrogen-bond acceptors (Lipinski definition) is 3. The van der Waals surface area contributed by atoms with Gasteiger partial charge in [-0.15, -0.1) is 0 Å². The van der Waals surface area contributed by atoms with E-state index in [-0.39, 0.29) is 17.5 Å². The van der Waals surface area contributed by atoms with Crippen LogP contribution in [0, 0.1) is 18.3 Å². The fraction of sp³-hybridized carbons (Fsp3) is 0.412. The lowest BCUT2D eigenvalue weighted by atomic mass is 9.95. The summed E-state index contributed by atoms with van der Waals surface area (Å²) in [6.07, 6.45) is 6.91. The van der Waals surface area contributed by atoms with E-state index < -0.39 is 0 Å². The van der Waals surface area contributed by atoms with Crippen molar-refractivity contribution in [2.45, 2.75) is 45.1 Å². The van der Waals surface area contributed by atoms with Crippen LogP contribution >= 0.6 is 11.6 Å². The van der Waals surface area contributed by atoms with E-state index in [2.05, 4.69) is 10.6 Å². The lowest BCUT2D eigenvalue weighted by Gasteiger charge is -2.22. The Morgan fingerprint density at radius 2 is 2.09 bits per heavy atom. The highest BCUT2D eigenvalue weighted by Crippen LogP contribution is 2.20. The van der Waals surface area contributed by atoms with E-state index in [1.54, 1.807) is 6.07 Å². The van der Waals surface area contributed by atoms with Crippen molar-refractivity contribution in [3.05, 3.63) is 40.6 Å². The molecule has 0 unspecified atom stereocenters. The van der Waals surface area contributed by atoms with E-state index in [9.17, 15) is 4.79 Å². The second kappa shape index (κ2) is 7.86. The summed E-state index contributed by atoms with van der Waals surface area (Å²) in [6.45, 7) is 1.92. The molecule has 0 bridgehead atoms. The maximum absolute atomic E-state index is 12.1. The molecule has 1 aromatic carbocycles. The van der Waals surface area contributed by atoms with E-state index >= 15 is 0 Å². The summed E-state index contributed by atoms with van der Waals surface area (Å²) in [5.41, 5.74) is 1.79. The van der Waals surface area contributed by atoms with Gasteiger partial charge in [0.05, 0.1) is 0 Å². The molecule has 0 heterocycles. The Morgan fingerprint density at radius 3 is 2.73 bits per heavy atom. The highest BCUT2D eigenvalue weighted by atomic mass is 35.5. The van der Waals surface area contributed by atoms with Crippen LogP contribution in [0.3, 0.4) is 0 Å². The Balaban J connectivity index is 1.98. The molecule has 1 fully saturated rings. The molecule has 1 saturated carbocycles. The van der Waals surface area contributed by atoms with Gasteiger partial charge in [-0.05, 0) is 37.5 Å². The highest BCUT2D eigenvalue weighted by Gasteiger charge is 2.17. The van der Waals surface area contributed by atoms with E-state index in [0.717, 1.165) is 36.9 Å². The van der Waals surface area contributed by atoms with Crippen LogP contribution in [-0.4, -0.2) is 11.9 Å². The fourth-order valence-corrected chi connectivity index (χ4v) is 2.68. The molecule has 0 radical (unpaired) electrons. The summed E-state index contributed by atoms with van der Waals surface area (Å²) in [6, 6.07) is 7.63. The van der Waals surface area contributed by atoms with Gasteiger partial charge in [-0.25, -0.2) is 0 Å². The van der Waals surface area contributed by atoms with Gasteiger partial charge in [0.1, 0.15) is 11.6 Å². The van der Waals surface area contributed by atoms with E-state index in [1.165, 1.54) is 12.6 Å². The second-order valence-corrected chi connectivity index (χ2v) is 5.99. The molecule has 0 aliphatic heterocycles. The number of benzene rings is 1. The van der Waals surface area contributed by atoms with Crippen molar-refractivity contribution in [1.82, 2.24) is 5.32 Å². The number of hydrogen-bond donors (Lipinski definition) is 2. The number of nitrogens with zero attached hydrogens (tertiary/aromatic N) is 1. The Hall–Kier alpha value is -1.99. The minimum Gasteiger partial charge on any atom is -0.360 e. The minimum absolute atomic E-state index is 0.0715. The van der Waals surface area contributed by atoms with Crippen molar-refractivity contribution in [3.63, 3.8) is 0 Å². The fourth-order valence-electron chi connectivity index (χ4n) is 2.50. The zero-order valence-corrected chi connectivity index (χ0v) is 13.4. The number of aryl methyl sites for hydroxylation is 1. The van der Waals surface area contributed by atoms with Crippen LogP contribution in [0.4, 0.5) is 5.69 Å². The SMILES string of the molecule is Cc1ccc(N/C=C(/C#N)C(=O)NC2CCCCC2)cc1Cl. The third-order valence-electron chi connectivity index (χ3n) is 3.86. The number of amides is 1. The maximum Gasteiger partial charge on any atom is 0.263 e. The average Bonchev–Trinajstić information content (AvgIpc) is 2.52. The lowest BCUT2D eigenvalue weighted by molar-refractivity contribution is -0.118. The summed E-state index contributed by atoms with van der Waals surface area (Å²) >= 11 is 6.05. The first kappa shape index (κ1) is 16.4. The molecule has 1 aliphatic rings. The standard InChI is InChI=1S/C17H20ClN3O/c1-12-7-8-15(9-16(12)18)20-11-13(10-19)17(22)21-14-5-3-2-4-6-14/h7-9,11,14,20H,2-6H2,1H3,(H,21,22)/b13-11-. The Morgan fingerprint density at radius 1 is 1.36 bits per heavy atom. The Kier molecular flexibility index (Phi) is 5.85. The topological polar surface area (TPSA) is 64.9 Å².